The van der Waals surface area contributed by atoms with Crippen LogP contribution in [0.5, 0.6) is 0 Å². The largest absolute Gasteiger partial charge is 0.378 e. The van der Waals surface area contributed by atoms with Crippen molar-refractivity contribution in [3.63, 3.8) is 0 Å². The number of nitrogens with zero attached hydrogens (tertiary/aromatic N) is 3. The van der Waals surface area contributed by atoms with E-state index in [2.05, 4.69) is 88.3 Å². The van der Waals surface area contributed by atoms with Crippen molar-refractivity contribution in [2.45, 2.75) is 13.8 Å². The number of hydrogen-bond donors (Lipinski definition) is 0. The second-order valence-electron chi connectivity index (χ2n) is 6.01. The minimum Gasteiger partial charge on any atom is -0.378 e. The molecule has 3 heteroatoms. The predicted octanol–water partition coefficient (Wildman–Crippen LogP) is 3.78. The number of benzene rings is 1. The molecule has 1 aliphatic carbocycles. The summed E-state index contributed by atoms with van der Waals surface area (Å²) in [6.45, 7) is 4.31. The normalized spacial score (nSPS) is 19.6. The Morgan fingerprint density at radius 2 is 1.71 bits per heavy atom. The number of allylic oxidation sites excluding steroid dienone is 3. The van der Waals surface area contributed by atoms with Crippen LogP contribution in [0.2, 0.25) is 0 Å². The van der Waals surface area contributed by atoms with E-state index in [1.165, 1.54) is 16.9 Å². The monoisotopic (exact) mass is 283 g/mol. The van der Waals surface area contributed by atoms with Crippen LogP contribution in [0.4, 0.5) is 11.4 Å². The van der Waals surface area contributed by atoms with Crippen molar-refractivity contribution in [1.29, 1.82) is 0 Å². The standard InChI is InChI=1S/C18H25N3/c1-13-11-15(20(3)4)7-9-17(13)19-18-10-8-16(21(5)6)12-14(18)2/h7-13H,1-6H3/b19-17-. The van der Waals surface area contributed by atoms with Gasteiger partial charge in [0.25, 0.3) is 0 Å². The first-order valence-electron chi connectivity index (χ1n) is 7.32. The Kier molecular flexibility index (Phi) is 4.51. The lowest BCUT2D eigenvalue weighted by Crippen LogP contribution is -2.17. The molecule has 21 heavy (non-hydrogen) atoms. The predicted molar refractivity (Wildman–Crippen MR) is 92.7 cm³/mol. The van der Waals surface area contributed by atoms with Crippen LogP contribution in [-0.2, 0) is 0 Å². The van der Waals surface area contributed by atoms with Gasteiger partial charge in [0.15, 0.2) is 0 Å². The van der Waals surface area contributed by atoms with Crippen molar-refractivity contribution in [2.24, 2.45) is 10.9 Å². The molecule has 0 aromatic heterocycles. The summed E-state index contributed by atoms with van der Waals surface area (Å²) < 4.78 is 0. The Bertz CT molecular complexity index is 607. The van der Waals surface area contributed by atoms with E-state index in [9.17, 15) is 0 Å². The van der Waals surface area contributed by atoms with Gasteiger partial charge < -0.3 is 9.80 Å². The van der Waals surface area contributed by atoms with Crippen LogP contribution in [0.25, 0.3) is 0 Å². The van der Waals surface area contributed by atoms with E-state index in [0.717, 1.165) is 11.4 Å². The molecule has 0 bridgehead atoms. The molecule has 2 rings (SSSR count). The molecule has 0 N–H and O–H groups in total. The maximum absolute atomic E-state index is 4.84. The first kappa shape index (κ1) is 15.4. The maximum atomic E-state index is 4.84. The van der Waals surface area contributed by atoms with Crippen LogP contribution in [-0.4, -0.2) is 38.8 Å². The molecule has 0 aliphatic heterocycles. The average Bonchev–Trinajstić information content (AvgIpc) is 2.42. The molecule has 1 atom stereocenters. The van der Waals surface area contributed by atoms with Crippen molar-refractivity contribution in [3.8, 4) is 0 Å². The van der Waals surface area contributed by atoms with Crippen molar-refractivity contribution >= 4 is 17.1 Å². The topological polar surface area (TPSA) is 18.8 Å². The minimum absolute atomic E-state index is 0.334. The molecular weight excluding hydrogens is 258 g/mol. The summed E-state index contributed by atoms with van der Waals surface area (Å²) in [5.41, 5.74) is 5.81. The third-order valence-electron chi connectivity index (χ3n) is 3.77. The molecule has 0 radical (unpaired) electrons. The van der Waals surface area contributed by atoms with E-state index >= 15 is 0 Å². The lowest BCUT2D eigenvalue weighted by molar-refractivity contribution is 0.524. The molecule has 0 saturated carbocycles. The zero-order valence-electron chi connectivity index (χ0n) is 13.9. The molecule has 1 unspecified atom stereocenters. The molecule has 0 spiro atoms. The fraction of sp³-hybridized carbons (Fsp3) is 0.389. The molecule has 0 saturated heterocycles. The highest BCUT2D eigenvalue weighted by Gasteiger charge is 2.13. The highest BCUT2D eigenvalue weighted by atomic mass is 15.1. The van der Waals surface area contributed by atoms with Gasteiger partial charge in [0, 0.05) is 51.2 Å². The quantitative estimate of drug-likeness (QED) is 0.840. The summed E-state index contributed by atoms with van der Waals surface area (Å²) in [6, 6.07) is 6.39. The summed E-state index contributed by atoms with van der Waals surface area (Å²) in [6.07, 6.45) is 6.50. The smallest absolute Gasteiger partial charge is 0.0663 e. The van der Waals surface area contributed by atoms with Gasteiger partial charge >= 0.3 is 0 Å². The first-order chi connectivity index (χ1) is 9.88. The highest BCUT2D eigenvalue weighted by molar-refractivity contribution is 6.01. The zero-order valence-corrected chi connectivity index (χ0v) is 13.9. The zero-order chi connectivity index (χ0) is 15.6. The Labute approximate surface area is 128 Å². The highest BCUT2D eigenvalue weighted by Crippen LogP contribution is 2.26. The van der Waals surface area contributed by atoms with Crippen molar-refractivity contribution < 1.29 is 0 Å². The SMILES string of the molecule is Cc1cc(N(C)C)ccc1/N=C1/C=CC(N(C)C)=CC1C. The average molecular weight is 283 g/mol. The van der Waals surface area contributed by atoms with E-state index in [0.29, 0.717) is 5.92 Å². The number of rotatable bonds is 3. The van der Waals surface area contributed by atoms with Crippen LogP contribution in [0, 0.1) is 12.8 Å². The number of aryl methyl sites for hydroxylation is 1. The molecule has 1 aliphatic rings. The minimum atomic E-state index is 0.334. The molecule has 1 aromatic rings. The van der Waals surface area contributed by atoms with Crippen LogP contribution >= 0.6 is 0 Å². The number of hydrogen-bond acceptors (Lipinski definition) is 3. The molecular formula is C18H25N3. The fourth-order valence-electron chi connectivity index (χ4n) is 2.34. The molecule has 0 heterocycles. The van der Waals surface area contributed by atoms with E-state index < -0.39 is 0 Å². The van der Waals surface area contributed by atoms with Gasteiger partial charge in [-0.1, -0.05) is 13.0 Å². The molecule has 1 aromatic carbocycles. The lowest BCUT2D eigenvalue weighted by atomic mass is 9.98. The molecule has 112 valence electrons. The Balaban J connectivity index is 2.28. The Morgan fingerprint density at radius 1 is 1.00 bits per heavy atom. The summed E-state index contributed by atoms with van der Waals surface area (Å²) in [5.74, 6) is 0.334. The lowest BCUT2D eigenvalue weighted by Gasteiger charge is -2.21. The third kappa shape index (κ3) is 3.54. The second kappa shape index (κ2) is 6.17. The third-order valence-corrected chi connectivity index (χ3v) is 3.77. The van der Waals surface area contributed by atoms with E-state index in [1.54, 1.807) is 0 Å². The van der Waals surface area contributed by atoms with E-state index in [4.69, 9.17) is 4.99 Å². The van der Waals surface area contributed by atoms with Gasteiger partial charge in [0.05, 0.1) is 5.69 Å². The van der Waals surface area contributed by atoms with E-state index in [1.807, 2.05) is 0 Å². The second-order valence-corrected chi connectivity index (χ2v) is 6.01. The van der Waals surface area contributed by atoms with Gasteiger partial charge in [-0.2, -0.15) is 0 Å². The number of aliphatic imine (C=N–C) groups is 1. The van der Waals surface area contributed by atoms with Gasteiger partial charge in [-0.15, -0.1) is 0 Å². The van der Waals surface area contributed by atoms with Gasteiger partial charge in [-0.3, -0.25) is 4.99 Å². The fourth-order valence-corrected chi connectivity index (χ4v) is 2.34. The Morgan fingerprint density at radius 3 is 2.24 bits per heavy atom. The van der Waals surface area contributed by atoms with Gasteiger partial charge in [0.2, 0.25) is 0 Å². The van der Waals surface area contributed by atoms with Gasteiger partial charge in [-0.25, -0.2) is 0 Å². The van der Waals surface area contributed by atoms with Crippen molar-refractivity contribution in [2.75, 3.05) is 33.1 Å². The summed E-state index contributed by atoms with van der Waals surface area (Å²) in [5, 5.41) is 0. The van der Waals surface area contributed by atoms with Crippen LogP contribution < -0.4 is 4.90 Å². The Hall–Kier alpha value is -2.03. The molecule has 0 fully saturated rings. The van der Waals surface area contributed by atoms with E-state index in [-0.39, 0.29) is 0 Å². The summed E-state index contributed by atoms with van der Waals surface area (Å²) in [4.78, 5) is 9.08. The molecule has 3 nitrogen and oxygen atoms in total. The summed E-state index contributed by atoms with van der Waals surface area (Å²) >= 11 is 0. The number of anilines is 1. The van der Waals surface area contributed by atoms with Crippen LogP contribution in [0.15, 0.2) is 47.1 Å². The molecule has 0 amide bonds. The van der Waals surface area contributed by atoms with Gasteiger partial charge in [0.1, 0.15) is 0 Å². The summed E-state index contributed by atoms with van der Waals surface area (Å²) in [7, 11) is 8.24. The van der Waals surface area contributed by atoms with Gasteiger partial charge in [-0.05, 0) is 42.8 Å². The number of likely N-dealkylation sites (N-methyl/N-ethyl adjacent to an activating group) is 1. The van der Waals surface area contributed by atoms with Crippen molar-refractivity contribution in [3.05, 3.63) is 47.7 Å². The van der Waals surface area contributed by atoms with Crippen LogP contribution in [0.3, 0.4) is 0 Å². The first-order valence-corrected chi connectivity index (χ1v) is 7.32. The maximum Gasteiger partial charge on any atom is 0.0663 e. The van der Waals surface area contributed by atoms with Crippen LogP contribution in [0.1, 0.15) is 12.5 Å². The van der Waals surface area contributed by atoms with Crippen molar-refractivity contribution in [1.82, 2.24) is 4.90 Å².